The molecule has 0 fully saturated rings. The number of hydrogen-bond donors (Lipinski definition) is 3. The summed E-state index contributed by atoms with van der Waals surface area (Å²) in [6.45, 7) is 2.20. The molecular weight excluding hydrogens is 377 g/mol. The third kappa shape index (κ3) is 23.4. The Morgan fingerprint density at radius 3 is 1.89 bits per heavy atom. The SMILES string of the molecule is CCCCCCCC/C=C/CCCCCCCCC(=O)NCCOP(=O)(O)O. The lowest BCUT2D eigenvalue weighted by atomic mass is 10.1. The number of carbonyl (C=O) groups is 1. The smallest absolute Gasteiger partial charge is 0.354 e. The minimum atomic E-state index is -4.44. The van der Waals surface area contributed by atoms with Crippen molar-refractivity contribution in [3.8, 4) is 0 Å². The van der Waals surface area contributed by atoms with Gasteiger partial charge in [0.1, 0.15) is 0 Å². The van der Waals surface area contributed by atoms with Gasteiger partial charge in [-0.05, 0) is 32.1 Å². The molecular formula is C21H42NO5P. The maximum absolute atomic E-state index is 11.5. The highest BCUT2D eigenvalue weighted by Crippen LogP contribution is 2.35. The summed E-state index contributed by atoms with van der Waals surface area (Å²) in [5.74, 6) is -0.0928. The predicted octanol–water partition coefficient (Wildman–Crippen LogP) is 5.64. The van der Waals surface area contributed by atoms with E-state index in [2.05, 4.69) is 28.9 Å². The first kappa shape index (κ1) is 27.3. The van der Waals surface area contributed by atoms with Gasteiger partial charge in [0, 0.05) is 13.0 Å². The zero-order chi connectivity index (χ0) is 20.9. The van der Waals surface area contributed by atoms with Crippen LogP contribution in [0.3, 0.4) is 0 Å². The molecule has 6 nitrogen and oxygen atoms in total. The van der Waals surface area contributed by atoms with Crippen LogP contribution in [0.5, 0.6) is 0 Å². The Balaban J connectivity index is 3.25. The van der Waals surface area contributed by atoms with Gasteiger partial charge in [0.15, 0.2) is 0 Å². The van der Waals surface area contributed by atoms with E-state index in [1.54, 1.807) is 0 Å². The molecule has 0 aromatic heterocycles. The number of rotatable bonds is 20. The predicted molar refractivity (Wildman–Crippen MR) is 115 cm³/mol. The van der Waals surface area contributed by atoms with Gasteiger partial charge in [-0.15, -0.1) is 0 Å². The van der Waals surface area contributed by atoms with E-state index in [4.69, 9.17) is 9.79 Å². The standard InChI is InChI=1S/C21H42NO5P/c1-2-3-4-5-6-7-8-9-10-11-12-13-14-15-16-17-18-21(23)22-19-20-27-28(24,25)26/h9-10H,2-8,11-20H2,1H3,(H,22,23)(H2,24,25,26)/b10-9+. The van der Waals surface area contributed by atoms with Gasteiger partial charge < -0.3 is 15.1 Å². The van der Waals surface area contributed by atoms with Crippen molar-refractivity contribution in [2.75, 3.05) is 13.2 Å². The van der Waals surface area contributed by atoms with Crippen LogP contribution in [0.15, 0.2) is 12.2 Å². The Labute approximate surface area is 171 Å². The van der Waals surface area contributed by atoms with Crippen molar-refractivity contribution in [3.63, 3.8) is 0 Å². The number of carbonyl (C=O) groups excluding carboxylic acids is 1. The summed E-state index contributed by atoms with van der Waals surface area (Å²) in [6.07, 6.45) is 22.4. The summed E-state index contributed by atoms with van der Waals surface area (Å²) in [4.78, 5) is 28.6. The fraction of sp³-hybridized carbons (Fsp3) is 0.857. The van der Waals surface area contributed by atoms with E-state index < -0.39 is 7.82 Å². The van der Waals surface area contributed by atoms with E-state index >= 15 is 0 Å². The van der Waals surface area contributed by atoms with Crippen LogP contribution in [0, 0.1) is 0 Å². The maximum Gasteiger partial charge on any atom is 0.469 e. The van der Waals surface area contributed by atoms with Gasteiger partial charge in [-0.25, -0.2) is 4.57 Å². The molecule has 0 radical (unpaired) electrons. The average Bonchev–Trinajstić information content (AvgIpc) is 2.64. The van der Waals surface area contributed by atoms with E-state index in [-0.39, 0.29) is 19.1 Å². The third-order valence-electron chi connectivity index (χ3n) is 4.60. The molecule has 0 saturated heterocycles. The summed E-state index contributed by atoms with van der Waals surface area (Å²) in [7, 11) is -4.44. The second-order valence-corrected chi connectivity index (χ2v) is 8.60. The lowest BCUT2D eigenvalue weighted by Crippen LogP contribution is -2.26. The Bertz CT molecular complexity index is 437. The summed E-state index contributed by atoms with van der Waals surface area (Å²) in [6, 6.07) is 0. The molecule has 0 aromatic carbocycles. The summed E-state index contributed by atoms with van der Waals surface area (Å²) in [5, 5.41) is 2.59. The first-order chi connectivity index (χ1) is 13.5. The van der Waals surface area contributed by atoms with E-state index in [1.165, 1.54) is 70.6 Å². The maximum atomic E-state index is 11.5. The fourth-order valence-corrected chi connectivity index (χ4v) is 3.31. The lowest BCUT2D eigenvalue weighted by molar-refractivity contribution is -0.121. The van der Waals surface area contributed by atoms with Crippen molar-refractivity contribution in [3.05, 3.63) is 12.2 Å². The Morgan fingerprint density at radius 1 is 0.857 bits per heavy atom. The molecule has 7 heteroatoms. The number of phosphoric acid groups is 1. The van der Waals surface area contributed by atoms with E-state index in [9.17, 15) is 9.36 Å². The highest BCUT2D eigenvalue weighted by atomic mass is 31.2. The molecule has 0 aliphatic heterocycles. The quantitative estimate of drug-likeness (QED) is 0.135. The molecule has 0 spiro atoms. The molecule has 0 unspecified atom stereocenters. The first-order valence-corrected chi connectivity index (χ1v) is 12.6. The molecule has 0 aliphatic carbocycles. The van der Waals surface area contributed by atoms with E-state index in [0.717, 1.165) is 19.3 Å². The topological polar surface area (TPSA) is 95.9 Å². The van der Waals surface area contributed by atoms with Gasteiger partial charge in [0.2, 0.25) is 5.91 Å². The molecule has 1 amide bonds. The van der Waals surface area contributed by atoms with Crippen molar-refractivity contribution in [1.82, 2.24) is 5.32 Å². The van der Waals surface area contributed by atoms with Gasteiger partial charge in [-0.2, -0.15) is 0 Å². The van der Waals surface area contributed by atoms with Gasteiger partial charge in [-0.1, -0.05) is 76.9 Å². The summed E-state index contributed by atoms with van der Waals surface area (Å²) >= 11 is 0. The number of amides is 1. The molecule has 0 heterocycles. The van der Waals surface area contributed by atoms with Crippen LogP contribution in [0.2, 0.25) is 0 Å². The van der Waals surface area contributed by atoms with Crippen LogP contribution < -0.4 is 5.32 Å². The van der Waals surface area contributed by atoms with Gasteiger partial charge in [-0.3, -0.25) is 9.32 Å². The number of phosphoric ester groups is 1. The molecule has 3 N–H and O–H groups in total. The van der Waals surface area contributed by atoms with Crippen molar-refractivity contribution >= 4 is 13.7 Å². The lowest BCUT2D eigenvalue weighted by Gasteiger charge is -2.07. The van der Waals surface area contributed by atoms with Crippen molar-refractivity contribution in [1.29, 1.82) is 0 Å². The minimum absolute atomic E-state index is 0.0928. The van der Waals surface area contributed by atoms with Crippen LogP contribution in [-0.2, 0) is 13.9 Å². The van der Waals surface area contributed by atoms with Crippen molar-refractivity contribution in [2.45, 2.75) is 103 Å². The van der Waals surface area contributed by atoms with E-state index in [0.29, 0.717) is 6.42 Å². The van der Waals surface area contributed by atoms with Gasteiger partial charge >= 0.3 is 7.82 Å². The molecule has 0 bridgehead atoms. The summed E-state index contributed by atoms with van der Waals surface area (Å²) < 4.78 is 14.7. The number of hydrogen-bond acceptors (Lipinski definition) is 3. The zero-order valence-electron chi connectivity index (χ0n) is 17.7. The van der Waals surface area contributed by atoms with Gasteiger partial charge in [0.05, 0.1) is 6.61 Å². The van der Waals surface area contributed by atoms with Crippen molar-refractivity contribution in [2.24, 2.45) is 0 Å². The first-order valence-electron chi connectivity index (χ1n) is 11.1. The number of allylic oxidation sites excluding steroid dienone is 2. The van der Waals surface area contributed by atoms with Crippen LogP contribution in [0.4, 0.5) is 0 Å². The molecule has 0 aromatic rings. The zero-order valence-corrected chi connectivity index (χ0v) is 18.6. The van der Waals surface area contributed by atoms with Crippen LogP contribution in [-0.4, -0.2) is 28.8 Å². The Hall–Kier alpha value is -0.680. The van der Waals surface area contributed by atoms with Crippen LogP contribution in [0.25, 0.3) is 0 Å². The monoisotopic (exact) mass is 419 g/mol. The van der Waals surface area contributed by atoms with Gasteiger partial charge in [0.25, 0.3) is 0 Å². The average molecular weight is 420 g/mol. The van der Waals surface area contributed by atoms with Crippen LogP contribution >= 0.6 is 7.82 Å². The Morgan fingerprint density at radius 2 is 1.36 bits per heavy atom. The molecule has 0 rings (SSSR count). The highest BCUT2D eigenvalue weighted by Gasteiger charge is 2.12. The summed E-state index contributed by atoms with van der Waals surface area (Å²) in [5.41, 5.74) is 0. The third-order valence-corrected chi connectivity index (χ3v) is 5.12. The second kappa shape index (κ2) is 19.6. The largest absolute Gasteiger partial charge is 0.469 e. The second-order valence-electron chi connectivity index (χ2n) is 7.36. The van der Waals surface area contributed by atoms with Crippen molar-refractivity contribution < 1.29 is 23.7 Å². The highest BCUT2D eigenvalue weighted by molar-refractivity contribution is 7.46. The molecule has 166 valence electrons. The molecule has 0 aliphatic rings. The normalized spacial score (nSPS) is 12.0. The minimum Gasteiger partial charge on any atom is -0.354 e. The number of unbranched alkanes of at least 4 members (excludes halogenated alkanes) is 12. The molecule has 0 saturated carbocycles. The molecule has 28 heavy (non-hydrogen) atoms. The van der Waals surface area contributed by atoms with Crippen LogP contribution in [0.1, 0.15) is 103 Å². The number of nitrogens with one attached hydrogen (secondary N) is 1. The van der Waals surface area contributed by atoms with E-state index in [1.807, 2.05) is 0 Å². The molecule has 0 atom stereocenters. The fourth-order valence-electron chi connectivity index (χ4n) is 2.98. The Kier molecular flexibility index (Phi) is 19.2.